The number of carboxylic acids is 1. The number of nitrogens with zero attached hydrogens (tertiary/aromatic N) is 2. The molecule has 0 radical (unpaired) electrons. The standard InChI is InChI=1S/C21H30N2O3.C2HF3O2/c24-20(18-2-1-3-18)23-12-8-21(9-13-23)19(7-15-26-21)6-14-25-16-17-4-10-22-11-5-17;3-2(4,5)1(6)7/h4-5,10-11,18-19H,1-3,6-9,12-16H2;(H,6,7). The summed E-state index contributed by atoms with van der Waals surface area (Å²) in [6.45, 7) is 3.99. The average molecular weight is 473 g/mol. The van der Waals surface area contributed by atoms with Crippen molar-refractivity contribution in [1.82, 2.24) is 9.88 Å². The summed E-state index contributed by atoms with van der Waals surface area (Å²) >= 11 is 0. The number of likely N-dealkylation sites (tertiary alicyclic amines) is 1. The number of carboxylic acid groups (broad SMARTS) is 1. The highest BCUT2D eigenvalue weighted by Gasteiger charge is 2.47. The Labute approximate surface area is 191 Å². The highest BCUT2D eigenvalue weighted by molar-refractivity contribution is 5.79. The van der Waals surface area contributed by atoms with Crippen LogP contribution in [0.1, 0.15) is 50.5 Å². The molecule has 1 aromatic rings. The zero-order valence-electron chi connectivity index (χ0n) is 18.6. The summed E-state index contributed by atoms with van der Waals surface area (Å²) in [7, 11) is 0. The molecule has 7 nitrogen and oxygen atoms in total. The smallest absolute Gasteiger partial charge is 0.475 e. The van der Waals surface area contributed by atoms with Crippen LogP contribution in [-0.2, 0) is 25.7 Å². The van der Waals surface area contributed by atoms with Gasteiger partial charge in [-0.3, -0.25) is 9.78 Å². The maximum atomic E-state index is 12.5. The van der Waals surface area contributed by atoms with Gasteiger partial charge in [0.15, 0.2) is 0 Å². The third kappa shape index (κ3) is 6.89. The van der Waals surface area contributed by atoms with E-state index in [2.05, 4.69) is 9.88 Å². The molecule has 1 N–H and O–H groups in total. The number of ether oxygens (including phenoxy) is 2. The van der Waals surface area contributed by atoms with Crippen LogP contribution in [0.25, 0.3) is 0 Å². The summed E-state index contributed by atoms with van der Waals surface area (Å²) in [6, 6.07) is 3.99. The van der Waals surface area contributed by atoms with E-state index in [1.54, 1.807) is 12.4 Å². The predicted molar refractivity (Wildman–Crippen MR) is 112 cm³/mol. The first-order valence-corrected chi connectivity index (χ1v) is 11.4. The minimum atomic E-state index is -5.08. The van der Waals surface area contributed by atoms with Crippen molar-refractivity contribution in [3.8, 4) is 0 Å². The lowest BCUT2D eigenvalue weighted by molar-refractivity contribution is -0.192. The van der Waals surface area contributed by atoms with Crippen LogP contribution in [0.15, 0.2) is 24.5 Å². The maximum Gasteiger partial charge on any atom is 0.490 e. The molecule has 10 heteroatoms. The van der Waals surface area contributed by atoms with Crippen molar-refractivity contribution in [2.24, 2.45) is 11.8 Å². The Balaban J connectivity index is 0.000000383. The lowest BCUT2D eigenvalue weighted by Gasteiger charge is -2.43. The molecule has 0 aromatic carbocycles. The van der Waals surface area contributed by atoms with Crippen LogP contribution in [-0.4, -0.2) is 64.9 Å². The van der Waals surface area contributed by atoms with Gasteiger partial charge in [0.1, 0.15) is 0 Å². The molecule has 3 aliphatic rings. The van der Waals surface area contributed by atoms with Crippen LogP contribution in [0.3, 0.4) is 0 Å². The largest absolute Gasteiger partial charge is 0.490 e. The van der Waals surface area contributed by atoms with Crippen molar-refractivity contribution in [1.29, 1.82) is 0 Å². The van der Waals surface area contributed by atoms with E-state index in [4.69, 9.17) is 19.4 Å². The molecule has 2 saturated heterocycles. The number of pyridine rings is 1. The first kappa shape index (κ1) is 25.4. The topological polar surface area (TPSA) is 89.0 Å². The number of aromatic nitrogens is 1. The van der Waals surface area contributed by atoms with Gasteiger partial charge in [-0.2, -0.15) is 13.2 Å². The Morgan fingerprint density at radius 2 is 1.82 bits per heavy atom. The molecule has 184 valence electrons. The van der Waals surface area contributed by atoms with Gasteiger partial charge in [0.25, 0.3) is 0 Å². The SMILES string of the molecule is O=C(C1CCC1)N1CCC2(CC1)OCCC2CCOCc1ccncc1.O=C(O)C(F)(F)F. The Morgan fingerprint density at radius 1 is 1.18 bits per heavy atom. The second-order valence-corrected chi connectivity index (χ2v) is 8.85. The van der Waals surface area contributed by atoms with E-state index in [1.165, 1.54) is 12.0 Å². The summed E-state index contributed by atoms with van der Waals surface area (Å²) in [5.74, 6) is -1.50. The number of amides is 1. The number of alkyl halides is 3. The second-order valence-electron chi connectivity index (χ2n) is 8.85. The zero-order valence-corrected chi connectivity index (χ0v) is 18.6. The zero-order chi connectivity index (χ0) is 23.9. The minimum absolute atomic E-state index is 0.0174. The van der Waals surface area contributed by atoms with Gasteiger partial charge >= 0.3 is 12.1 Å². The lowest BCUT2D eigenvalue weighted by Crippen LogP contribution is -2.51. The molecule has 1 saturated carbocycles. The van der Waals surface area contributed by atoms with Gasteiger partial charge in [0.2, 0.25) is 5.91 Å². The number of rotatable bonds is 6. The van der Waals surface area contributed by atoms with E-state index in [0.717, 1.165) is 64.8 Å². The number of piperidine rings is 1. The average Bonchev–Trinajstić information content (AvgIpc) is 3.12. The summed E-state index contributed by atoms with van der Waals surface area (Å²) in [5.41, 5.74) is 1.15. The van der Waals surface area contributed by atoms with Gasteiger partial charge in [-0.25, -0.2) is 4.79 Å². The highest BCUT2D eigenvalue weighted by atomic mass is 19.4. The van der Waals surface area contributed by atoms with Gasteiger partial charge in [0, 0.05) is 44.6 Å². The fourth-order valence-corrected chi connectivity index (χ4v) is 4.66. The Kier molecular flexibility index (Phi) is 8.69. The first-order chi connectivity index (χ1) is 15.7. The number of halogens is 3. The van der Waals surface area contributed by atoms with Crippen molar-refractivity contribution in [2.75, 3.05) is 26.3 Å². The Bertz CT molecular complexity index is 778. The van der Waals surface area contributed by atoms with Crippen molar-refractivity contribution in [3.63, 3.8) is 0 Å². The molecule has 2 aliphatic heterocycles. The molecule has 1 unspecified atom stereocenters. The molecule has 4 rings (SSSR count). The van der Waals surface area contributed by atoms with E-state index in [9.17, 15) is 18.0 Å². The monoisotopic (exact) mass is 472 g/mol. The molecular formula is C23H31F3N2O5. The molecule has 1 amide bonds. The van der Waals surface area contributed by atoms with E-state index in [1.807, 2.05) is 12.1 Å². The summed E-state index contributed by atoms with van der Waals surface area (Å²) in [5, 5.41) is 7.12. The third-order valence-electron chi connectivity index (χ3n) is 6.85. The number of carbonyl (C=O) groups excluding carboxylic acids is 1. The normalized spacial score (nSPS) is 22.4. The van der Waals surface area contributed by atoms with Crippen molar-refractivity contribution in [3.05, 3.63) is 30.1 Å². The number of hydrogen-bond donors (Lipinski definition) is 1. The molecule has 1 aliphatic carbocycles. The van der Waals surface area contributed by atoms with Crippen molar-refractivity contribution >= 4 is 11.9 Å². The van der Waals surface area contributed by atoms with E-state index < -0.39 is 12.1 Å². The molecule has 1 atom stereocenters. The Hall–Kier alpha value is -2.20. The quantitative estimate of drug-likeness (QED) is 0.634. The second kappa shape index (κ2) is 11.3. The van der Waals surface area contributed by atoms with E-state index >= 15 is 0 Å². The van der Waals surface area contributed by atoms with Crippen LogP contribution >= 0.6 is 0 Å². The fourth-order valence-electron chi connectivity index (χ4n) is 4.66. The summed E-state index contributed by atoms with van der Waals surface area (Å²) in [4.78, 5) is 27.5. The molecule has 1 aromatic heterocycles. The van der Waals surface area contributed by atoms with Crippen LogP contribution in [0.5, 0.6) is 0 Å². The predicted octanol–water partition coefficient (Wildman–Crippen LogP) is 3.82. The molecule has 3 heterocycles. The molecule has 3 fully saturated rings. The lowest BCUT2D eigenvalue weighted by atomic mass is 9.77. The number of carbonyl (C=O) groups is 2. The summed E-state index contributed by atoms with van der Waals surface area (Å²) in [6.07, 6.45) is 6.06. The van der Waals surface area contributed by atoms with Crippen molar-refractivity contribution in [2.45, 2.75) is 63.3 Å². The van der Waals surface area contributed by atoms with E-state index in [-0.39, 0.29) is 5.60 Å². The van der Waals surface area contributed by atoms with E-state index in [0.29, 0.717) is 24.3 Å². The van der Waals surface area contributed by atoms with Gasteiger partial charge in [-0.1, -0.05) is 6.42 Å². The van der Waals surface area contributed by atoms with Gasteiger partial charge in [-0.05, 0) is 62.1 Å². The number of hydrogen-bond acceptors (Lipinski definition) is 5. The van der Waals surface area contributed by atoms with Gasteiger partial charge in [0.05, 0.1) is 12.2 Å². The highest BCUT2D eigenvalue weighted by Crippen LogP contribution is 2.43. The van der Waals surface area contributed by atoms with Crippen molar-refractivity contribution < 1.29 is 37.3 Å². The number of aliphatic carboxylic acids is 1. The summed E-state index contributed by atoms with van der Waals surface area (Å²) < 4.78 is 43.9. The molecular weight excluding hydrogens is 441 g/mol. The van der Waals surface area contributed by atoms with Gasteiger partial charge in [-0.15, -0.1) is 0 Å². The molecule has 0 bridgehead atoms. The maximum absolute atomic E-state index is 12.5. The Morgan fingerprint density at radius 3 is 2.36 bits per heavy atom. The van der Waals surface area contributed by atoms with Crippen LogP contribution in [0, 0.1) is 11.8 Å². The molecule has 1 spiro atoms. The third-order valence-corrected chi connectivity index (χ3v) is 6.85. The van der Waals surface area contributed by atoms with Gasteiger partial charge < -0.3 is 19.5 Å². The van der Waals surface area contributed by atoms with Crippen LogP contribution in [0.4, 0.5) is 13.2 Å². The van der Waals surface area contributed by atoms with Crippen LogP contribution < -0.4 is 0 Å². The van der Waals surface area contributed by atoms with Crippen LogP contribution in [0.2, 0.25) is 0 Å². The first-order valence-electron chi connectivity index (χ1n) is 11.4. The fraction of sp³-hybridized carbons (Fsp3) is 0.696. The molecule has 33 heavy (non-hydrogen) atoms. The minimum Gasteiger partial charge on any atom is -0.475 e.